The first-order valence-corrected chi connectivity index (χ1v) is 7.28. The predicted molar refractivity (Wildman–Crippen MR) is 87.8 cm³/mol. The van der Waals surface area contributed by atoms with Crippen molar-refractivity contribution in [1.82, 2.24) is 0 Å². The molecule has 0 amide bonds. The van der Waals surface area contributed by atoms with E-state index < -0.39 is 12.0 Å². The summed E-state index contributed by atoms with van der Waals surface area (Å²) in [7, 11) is 1.56. The lowest BCUT2D eigenvalue weighted by molar-refractivity contribution is -0.138. The third kappa shape index (κ3) is 3.81. The molecule has 0 aliphatic carbocycles. The van der Waals surface area contributed by atoms with Gasteiger partial charge in [0.05, 0.1) is 7.11 Å². The number of carboxylic acid groups (broad SMARTS) is 1. The number of aryl methyl sites for hydroxylation is 2. The molecule has 0 radical (unpaired) electrons. The summed E-state index contributed by atoms with van der Waals surface area (Å²) < 4.78 is 11.2. The van der Waals surface area contributed by atoms with Crippen molar-refractivity contribution in [3.63, 3.8) is 0 Å². The molecule has 2 rings (SSSR count). The van der Waals surface area contributed by atoms with Gasteiger partial charge in [-0.15, -0.1) is 0 Å². The Labute approximate surface area is 135 Å². The average Bonchev–Trinajstić information content (AvgIpc) is 2.53. The molecule has 0 fully saturated rings. The number of ether oxygens (including phenoxy) is 2. The summed E-state index contributed by atoms with van der Waals surface area (Å²) in [6, 6.07) is 9.95. The lowest BCUT2D eigenvalue weighted by Crippen LogP contribution is -2.20. The summed E-state index contributed by atoms with van der Waals surface area (Å²) in [4.78, 5) is 11.0. The van der Waals surface area contributed by atoms with Gasteiger partial charge in [-0.2, -0.15) is 0 Å². The number of aliphatic carboxylic acids is 1. The maximum absolute atomic E-state index is 11.0. The van der Waals surface area contributed by atoms with E-state index in [1.165, 1.54) is 0 Å². The van der Waals surface area contributed by atoms with Crippen LogP contribution in [0.3, 0.4) is 0 Å². The minimum absolute atomic E-state index is 0.273. The van der Waals surface area contributed by atoms with Crippen LogP contribution in [0.25, 0.3) is 0 Å². The van der Waals surface area contributed by atoms with Crippen LogP contribution in [0.1, 0.15) is 28.3 Å². The second-order valence-corrected chi connectivity index (χ2v) is 5.40. The fraction of sp³-hybridized carbons (Fsp3) is 0.278. The van der Waals surface area contributed by atoms with E-state index in [1.807, 2.05) is 32.0 Å². The first-order chi connectivity index (χ1) is 10.9. The van der Waals surface area contributed by atoms with Crippen LogP contribution in [0, 0.1) is 13.8 Å². The van der Waals surface area contributed by atoms with Gasteiger partial charge in [-0.25, -0.2) is 0 Å². The molecule has 0 aliphatic heterocycles. The molecule has 2 aromatic carbocycles. The fourth-order valence-corrected chi connectivity index (χ4v) is 2.42. The van der Waals surface area contributed by atoms with Gasteiger partial charge in [0, 0.05) is 5.56 Å². The van der Waals surface area contributed by atoms with Crippen molar-refractivity contribution >= 4 is 5.97 Å². The summed E-state index contributed by atoms with van der Waals surface area (Å²) in [5.74, 6) is 0.386. The van der Waals surface area contributed by atoms with Crippen molar-refractivity contribution in [3.8, 4) is 11.5 Å². The van der Waals surface area contributed by atoms with Gasteiger partial charge in [0.15, 0.2) is 0 Å². The molecular weight excluding hydrogens is 294 g/mol. The van der Waals surface area contributed by atoms with E-state index in [2.05, 4.69) is 0 Å². The maximum atomic E-state index is 11.0. The van der Waals surface area contributed by atoms with Gasteiger partial charge in [-0.3, -0.25) is 4.79 Å². The zero-order valence-electron chi connectivity index (χ0n) is 13.5. The van der Waals surface area contributed by atoms with E-state index in [4.69, 9.17) is 20.3 Å². The molecular formula is C18H21NO4. The number of carbonyl (C=O) groups is 1. The normalized spacial score (nSPS) is 11.8. The Hall–Kier alpha value is -2.53. The third-order valence-electron chi connectivity index (χ3n) is 3.71. The number of hydrogen-bond donors (Lipinski definition) is 2. The molecule has 0 saturated carbocycles. The number of nitrogens with two attached hydrogens (primary N) is 1. The highest BCUT2D eigenvalue weighted by Gasteiger charge is 2.16. The van der Waals surface area contributed by atoms with Crippen LogP contribution in [-0.2, 0) is 11.4 Å². The van der Waals surface area contributed by atoms with Crippen molar-refractivity contribution in [1.29, 1.82) is 0 Å². The molecule has 0 aromatic heterocycles. The quantitative estimate of drug-likeness (QED) is 0.856. The van der Waals surface area contributed by atoms with Gasteiger partial charge < -0.3 is 20.3 Å². The lowest BCUT2D eigenvalue weighted by atomic mass is 10.0. The van der Waals surface area contributed by atoms with Crippen molar-refractivity contribution in [2.45, 2.75) is 26.5 Å². The molecule has 23 heavy (non-hydrogen) atoms. The molecule has 0 saturated heterocycles. The highest BCUT2D eigenvalue weighted by Crippen LogP contribution is 2.27. The third-order valence-corrected chi connectivity index (χ3v) is 3.71. The molecule has 1 atom stereocenters. The number of para-hydroxylation sites is 1. The minimum Gasteiger partial charge on any atom is -0.496 e. The van der Waals surface area contributed by atoms with Crippen LogP contribution in [0.4, 0.5) is 0 Å². The van der Waals surface area contributed by atoms with Crippen LogP contribution in [0.5, 0.6) is 11.5 Å². The van der Waals surface area contributed by atoms with E-state index in [0.717, 1.165) is 22.4 Å². The molecule has 0 heterocycles. The zero-order valence-corrected chi connectivity index (χ0v) is 13.5. The highest BCUT2D eigenvalue weighted by molar-refractivity contribution is 5.75. The maximum Gasteiger partial charge on any atom is 0.325 e. The molecule has 3 N–H and O–H groups in total. The Morgan fingerprint density at radius 1 is 1.22 bits per heavy atom. The number of methoxy groups -OCH3 is 1. The van der Waals surface area contributed by atoms with E-state index >= 15 is 0 Å². The van der Waals surface area contributed by atoms with Crippen LogP contribution in [0.15, 0.2) is 36.4 Å². The summed E-state index contributed by atoms with van der Waals surface area (Å²) in [6.07, 6.45) is 0. The van der Waals surface area contributed by atoms with E-state index in [1.54, 1.807) is 25.3 Å². The van der Waals surface area contributed by atoms with Crippen molar-refractivity contribution < 1.29 is 19.4 Å². The fourth-order valence-electron chi connectivity index (χ4n) is 2.42. The van der Waals surface area contributed by atoms with Crippen molar-refractivity contribution in [2.24, 2.45) is 5.73 Å². The number of rotatable bonds is 6. The summed E-state index contributed by atoms with van der Waals surface area (Å²) in [5, 5.41) is 9.05. The van der Waals surface area contributed by atoms with Gasteiger partial charge in [0.1, 0.15) is 24.1 Å². The first-order valence-electron chi connectivity index (χ1n) is 7.28. The smallest absolute Gasteiger partial charge is 0.325 e. The Bertz CT molecular complexity index is 692. The van der Waals surface area contributed by atoms with Crippen molar-refractivity contribution in [2.75, 3.05) is 7.11 Å². The Morgan fingerprint density at radius 3 is 2.43 bits per heavy atom. The van der Waals surface area contributed by atoms with Gasteiger partial charge in [-0.1, -0.05) is 24.3 Å². The Morgan fingerprint density at radius 2 is 1.87 bits per heavy atom. The van der Waals surface area contributed by atoms with Gasteiger partial charge in [0.2, 0.25) is 0 Å². The molecule has 0 aliphatic rings. The molecule has 5 nitrogen and oxygen atoms in total. The van der Waals surface area contributed by atoms with Gasteiger partial charge >= 0.3 is 5.97 Å². The number of carboxylic acids is 1. The predicted octanol–water partition coefficient (Wildman–Crippen LogP) is 2.98. The summed E-state index contributed by atoms with van der Waals surface area (Å²) in [6.45, 7) is 4.24. The lowest BCUT2D eigenvalue weighted by Gasteiger charge is -2.16. The molecule has 122 valence electrons. The Kier molecular flexibility index (Phi) is 5.24. The average molecular weight is 315 g/mol. The number of hydrogen-bond acceptors (Lipinski definition) is 4. The van der Waals surface area contributed by atoms with Crippen LogP contribution in [-0.4, -0.2) is 18.2 Å². The van der Waals surface area contributed by atoms with Crippen LogP contribution < -0.4 is 15.2 Å². The molecule has 0 spiro atoms. The summed E-state index contributed by atoms with van der Waals surface area (Å²) in [5.41, 5.74) is 9.03. The van der Waals surface area contributed by atoms with Crippen LogP contribution in [0.2, 0.25) is 0 Å². The highest BCUT2D eigenvalue weighted by atomic mass is 16.5. The zero-order chi connectivity index (χ0) is 17.0. The Balaban J connectivity index is 2.27. The molecule has 5 heteroatoms. The monoisotopic (exact) mass is 315 g/mol. The van der Waals surface area contributed by atoms with E-state index in [-0.39, 0.29) is 6.61 Å². The minimum atomic E-state index is -1.07. The van der Waals surface area contributed by atoms with Gasteiger partial charge in [0.25, 0.3) is 0 Å². The standard InChI is InChI=1S/C18H21NO4/c1-11-5-4-6-12(2)17(11)23-10-14-9-13(16(19)18(20)21)7-8-15(14)22-3/h4-9,16H,10,19H2,1-3H3,(H,20,21)/t16-/m0/s1. The second kappa shape index (κ2) is 7.15. The summed E-state index contributed by atoms with van der Waals surface area (Å²) >= 11 is 0. The topological polar surface area (TPSA) is 81.8 Å². The first kappa shape index (κ1) is 16.8. The van der Waals surface area contributed by atoms with Crippen LogP contribution >= 0.6 is 0 Å². The van der Waals surface area contributed by atoms with E-state index in [0.29, 0.717) is 11.3 Å². The second-order valence-electron chi connectivity index (χ2n) is 5.40. The number of benzene rings is 2. The molecule has 0 bridgehead atoms. The van der Waals surface area contributed by atoms with Crippen molar-refractivity contribution in [3.05, 3.63) is 58.7 Å². The largest absolute Gasteiger partial charge is 0.496 e. The SMILES string of the molecule is COc1ccc([C@H](N)C(=O)O)cc1COc1c(C)cccc1C. The molecule has 2 aromatic rings. The molecule has 0 unspecified atom stereocenters. The van der Waals surface area contributed by atoms with E-state index in [9.17, 15) is 4.79 Å². The van der Waals surface area contributed by atoms with Gasteiger partial charge in [-0.05, 0) is 42.7 Å².